The Hall–Kier alpha value is -1.56. The first-order valence-corrected chi connectivity index (χ1v) is 8.37. The van der Waals surface area contributed by atoms with Crippen molar-refractivity contribution >= 4 is 21.6 Å². The lowest BCUT2D eigenvalue weighted by Gasteiger charge is -2.09. The summed E-state index contributed by atoms with van der Waals surface area (Å²) in [4.78, 5) is 0. The molecular weight excluding hydrogens is 310 g/mol. The molecule has 0 amide bonds. The van der Waals surface area contributed by atoms with Crippen LogP contribution in [0.15, 0.2) is 48.5 Å². The van der Waals surface area contributed by atoms with Gasteiger partial charge in [-0.25, -0.2) is 13.1 Å². The molecule has 0 spiro atoms. The highest BCUT2D eigenvalue weighted by molar-refractivity contribution is 7.88. The van der Waals surface area contributed by atoms with E-state index in [0.29, 0.717) is 10.8 Å². The minimum Gasteiger partial charge on any atom is -0.495 e. The fourth-order valence-electron chi connectivity index (χ4n) is 1.86. The van der Waals surface area contributed by atoms with Gasteiger partial charge in [0, 0.05) is 6.54 Å². The van der Waals surface area contributed by atoms with Gasteiger partial charge in [-0.1, -0.05) is 48.0 Å². The average molecular weight is 326 g/mol. The van der Waals surface area contributed by atoms with Gasteiger partial charge in [-0.05, 0) is 23.3 Å². The maximum Gasteiger partial charge on any atom is 0.216 e. The first-order chi connectivity index (χ1) is 10.00. The number of hydrogen-bond acceptors (Lipinski definition) is 3. The molecular formula is C15H16ClNO3S. The summed E-state index contributed by atoms with van der Waals surface area (Å²) in [7, 11) is -1.85. The third-order valence-corrected chi connectivity index (χ3v) is 4.50. The van der Waals surface area contributed by atoms with Crippen molar-refractivity contribution < 1.29 is 13.2 Å². The number of methoxy groups -OCH3 is 1. The molecule has 0 aliphatic rings. The number of nitrogens with one attached hydrogen (secondary N) is 1. The van der Waals surface area contributed by atoms with Crippen LogP contribution in [0, 0.1) is 0 Å². The molecule has 21 heavy (non-hydrogen) atoms. The SMILES string of the molecule is COc1ccc(CNS(=O)(=O)Cc2ccccc2)cc1Cl. The molecule has 2 aromatic rings. The second-order valence-electron chi connectivity index (χ2n) is 4.53. The van der Waals surface area contributed by atoms with Crippen molar-refractivity contribution in [3.05, 3.63) is 64.7 Å². The van der Waals surface area contributed by atoms with Crippen LogP contribution in [0.3, 0.4) is 0 Å². The highest BCUT2D eigenvalue weighted by Crippen LogP contribution is 2.24. The molecule has 0 heterocycles. The van der Waals surface area contributed by atoms with E-state index in [1.165, 1.54) is 7.11 Å². The topological polar surface area (TPSA) is 55.4 Å². The van der Waals surface area contributed by atoms with Crippen LogP contribution in [0.5, 0.6) is 5.75 Å². The predicted octanol–water partition coefficient (Wildman–Crippen LogP) is 2.97. The van der Waals surface area contributed by atoms with Crippen LogP contribution in [-0.2, 0) is 22.3 Å². The van der Waals surface area contributed by atoms with E-state index in [1.54, 1.807) is 30.3 Å². The van der Waals surface area contributed by atoms with E-state index in [4.69, 9.17) is 16.3 Å². The zero-order valence-corrected chi connectivity index (χ0v) is 13.1. The van der Waals surface area contributed by atoms with E-state index in [0.717, 1.165) is 11.1 Å². The lowest BCUT2D eigenvalue weighted by molar-refractivity contribution is 0.415. The van der Waals surface area contributed by atoms with E-state index >= 15 is 0 Å². The monoisotopic (exact) mass is 325 g/mol. The third-order valence-electron chi connectivity index (χ3n) is 2.91. The van der Waals surface area contributed by atoms with Gasteiger partial charge in [0.05, 0.1) is 17.9 Å². The molecule has 0 aromatic heterocycles. The molecule has 0 fully saturated rings. The van der Waals surface area contributed by atoms with Gasteiger partial charge in [0.2, 0.25) is 10.0 Å². The minimum absolute atomic E-state index is 0.0439. The minimum atomic E-state index is -3.39. The van der Waals surface area contributed by atoms with E-state index < -0.39 is 10.0 Å². The van der Waals surface area contributed by atoms with E-state index in [2.05, 4.69) is 4.72 Å². The maximum absolute atomic E-state index is 12.0. The Kier molecular flexibility index (Phi) is 5.22. The van der Waals surface area contributed by atoms with E-state index in [-0.39, 0.29) is 12.3 Å². The van der Waals surface area contributed by atoms with Crippen molar-refractivity contribution in [1.82, 2.24) is 4.72 Å². The Labute approximate surface area is 129 Å². The Balaban J connectivity index is 2.00. The molecule has 0 radical (unpaired) electrons. The summed E-state index contributed by atoms with van der Waals surface area (Å²) in [6.45, 7) is 0.193. The maximum atomic E-state index is 12.0. The van der Waals surface area contributed by atoms with Crippen LogP contribution in [-0.4, -0.2) is 15.5 Å². The number of hydrogen-bond donors (Lipinski definition) is 1. The molecule has 0 aliphatic heterocycles. The standard InChI is InChI=1S/C15H16ClNO3S/c1-20-15-8-7-13(9-14(15)16)10-17-21(18,19)11-12-5-3-2-4-6-12/h2-9,17H,10-11H2,1H3. The van der Waals surface area contributed by atoms with E-state index in [1.807, 2.05) is 18.2 Å². The van der Waals surface area contributed by atoms with Gasteiger partial charge in [-0.3, -0.25) is 0 Å². The highest BCUT2D eigenvalue weighted by atomic mass is 35.5. The molecule has 1 N–H and O–H groups in total. The summed E-state index contributed by atoms with van der Waals surface area (Å²) in [6, 6.07) is 14.2. The Morgan fingerprint density at radius 2 is 1.81 bits per heavy atom. The molecule has 0 aliphatic carbocycles. The normalized spacial score (nSPS) is 11.3. The van der Waals surface area contributed by atoms with Crippen LogP contribution in [0.2, 0.25) is 5.02 Å². The zero-order chi connectivity index (χ0) is 15.3. The van der Waals surface area contributed by atoms with Crippen LogP contribution in [0.4, 0.5) is 0 Å². The number of halogens is 1. The molecule has 112 valence electrons. The third kappa shape index (κ3) is 4.74. The molecule has 0 bridgehead atoms. The van der Waals surface area contributed by atoms with Gasteiger partial charge in [0.15, 0.2) is 0 Å². The first-order valence-electron chi connectivity index (χ1n) is 6.34. The summed E-state index contributed by atoms with van der Waals surface area (Å²) in [5, 5.41) is 0.456. The van der Waals surface area contributed by atoms with Gasteiger partial charge in [0.25, 0.3) is 0 Å². The van der Waals surface area contributed by atoms with Crippen molar-refractivity contribution in [2.24, 2.45) is 0 Å². The van der Waals surface area contributed by atoms with Crippen molar-refractivity contribution in [3.63, 3.8) is 0 Å². The van der Waals surface area contributed by atoms with Crippen molar-refractivity contribution in [3.8, 4) is 5.75 Å². The second-order valence-corrected chi connectivity index (χ2v) is 6.75. The van der Waals surface area contributed by atoms with Crippen molar-refractivity contribution in [2.45, 2.75) is 12.3 Å². The predicted molar refractivity (Wildman–Crippen MR) is 83.9 cm³/mol. The largest absolute Gasteiger partial charge is 0.495 e. The number of rotatable bonds is 6. The van der Waals surface area contributed by atoms with Crippen LogP contribution in [0.25, 0.3) is 0 Å². The second kappa shape index (κ2) is 6.93. The van der Waals surface area contributed by atoms with Crippen molar-refractivity contribution in [1.29, 1.82) is 0 Å². The molecule has 2 rings (SSSR count). The number of ether oxygens (including phenoxy) is 1. The van der Waals surface area contributed by atoms with Gasteiger partial charge >= 0.3 is 0 Å². The first kappa shape index (κ1) is 15.8. The van der Waals surface area contributed by atoms with Crippen molar-refractivity contribution in [2.75, 3.05) is 7.11 Å². The Morgan fingerprint density at radius 3 is 2.43 bits per heavy atom. The summed E-state index contributed by atoms with van der Waals surface area (Å²) in [5.74, 6) is 0.519. The number of benzene rings is 2. The lowest BCUT2D eigenvalue weighted by atomic mass is 10.2. The summed E-state index contributed by atoms with van der Waals surface area (Å²) in [6.07, 6.45) is 0. The Bertz CT molecular complexity index is 702. The molecule has 0 atom stereocenters. The lowest BCUT2D eigenvalue weighted by Crippen LogP contribution is -2.24. The molecule has 0 unspecified atom stereocenters. The van der Waals surface area contributed by atoms with Gasteiger partial charge < -0.3 is 4.74 Å². The zero-order valence-electron chi connectivity index (χ0n) is 11.5. The fraction of sp³-hybridized carbons (Fsp3) is 0.200. The quantitative estimate of drug-likeness (QED) is 0.888. The van der Waals surface area contributed by atoms with Gasteiger partial charge in [-0.2, -0.15) is 0 Å². The smallest absolute Gasteiger partial charge is 0.216 e. The molecule has 6 heteroatoms. The van der Waals surface area contributed by atoms with Crippen LogP contribution in [0.1, 0.15) is 11.1 Å². The van der Waals surface area contributed by atoms with Gasteiger partial charge in [0.1, 0.15) is 5.75 Å². The fourth-order valence-corrected chi connectivity index (χ4v) is 3.26. The molecule has 0 saturated heterocycles. The summed E-state index contributed by atoms with van der Waals surface area (Å²) < 4.78 is 31.6. The molecule has 4 nitrogen and oxygen atoms in total. The Morgan fingerprint density at radius 1 is 1.10 bits per heavy atom. The highest BCUT2D eigenvalue weighted by Gasteiger charge is 2.11. The summed E-state index contributed by atoms with van der Waals surface area (Å²) >= 11 is 6.01. The van der Waals surface area contributed by atoms with E-state index in [9.17, 15) is 8.42 Å². The van der Waals surface area contributed by atoms with Gasteiger partial charge in [-0.15, -0.1) is 0 Å². The molecule has 2 aromatic carbocycles. The summed E-state index contributed by atoms with van der Waals surface area (Å²) in [5.41, 5.74) is 1.52. The molecule has 0 saturated carbocycles. The van der Waals surface area contributed by atoms with Crippen LogP contribution < -0.4 is 9.46 Å². The average Bonchev–Trinajstić information content (AvgIpc) is 2.46. The van der Waals surface area contributed by atoms with Crippen LogP contribution >= 0.6 is 11.6 Å². The number of sulfonamides is 1.